The normalized spacial score (nSPS) is 16.0. The molecule has 2 atom stereocenters. The average Bonchev–Trinajstić information content (AvgIpc) is 3.85. The minimum Gasteiger partial charge on any atom is -0.456 e. The van der Waals surface area contributed by atoms with Gasteiger partial charge < -0.3 is 8.83 Å². The Balaban J connectivity index is 1.07. The highest BCUT2D eigenvalue weighted by atomic mass is 16.3. The molecule has 2 aliphatic rings. The van der Waals surface area contributed by atoms with Gasteiger partial charge in [-0.1, -0.05) is 134 Å². The van der Waals surface area contributed by atoms with Crippen molar-refractivity contribution in [3.63, 3.8) is 0 Å². The Bertz CT molecular complexity index is 3330. The Morgan fingerprint density at radius 1 is 0.446 bits per heavy atom. The van der Waals surface area contributed by atoms with Crippen molar-refractivity contribution < 1.29 is 8.83 Å². The number of hydrogen-bond donors (Lipinski definition) is 0. The van der Waals surface area contributed by atoms with Crippen LogP contribution in [0, 0.1) is 5.92 Å². The van der Waals surface area contributed by atoms with Crippen molar-refractivity contribution in [2.45, 2.75) is 5.92 Å². The third-order valence-electron chi connectivity index (χ3n) is 11.5. The van der Waals surface area contributed by atoms with Gasteiger partial charge in [0.1, 0.15) is 22.3 Å². The molecule has 2 unspecified atom stereocenters. The smallest absolute Gasteiger partial charge is 0.164 e. The number of allylic oxidation sites excluding steroid dienone is 5. The summed E-state index contributed by atoms with van der Waals surface area (Å²) in [7, 11) is 0. The molecule has 0 N–H and O–H groups in total. The van der Waals surface area contributed by atoms with Crippen molar-refractivity contribution in [2.75, 3.05) is 0 Å². The summed E-state index contributed by atoms with van der Waals surface area (Å²) in [5.41, 5.74) is 10.6. The second kappa shape index (κ2) is 12.1. The number of benzene rings is 7. The van der Waals surface area contributed by atoms with Gasteiger partial charge in [-0.2, -0.15) is 0 Å². The van der Waals surface area contributed by atoms with E-state index in [2.05, 4.69) is 146 Å². The summed E-state index contributed by atoms with van der Waals surface area (Å²) in [5, 5.41) is 6.52. The number of hydrogen-bond acceptors (Lipinski definition) is 5. The Hall–Kier alpha value is -7.37. The van der Waals surface area contributed by atoms with Crippen LogP contribution >= 0.6 is 0 Å². The fourth-order valence-electron chi connectivity index (χ4n) is 8.79. The first kappa shape index (κ1) is 31.0. The molecular weight excluding hydrogens is 687 g/mol. The summed E-state index contributed by atoms with van der Waals surface area (Å²) >= 11 is 0. The number of rotatable bonds is 4. The molecule has 262 valence electrons. The van der Waals surface area contributed by atoms with Crippen LogP contribution in [0.4, 0.5) is 0 Å². The van der Waals surface area contributed by atoms with Crippen molar-refractivity contribution in [1.29, 1.82) is 0 Å². The number of aromatic nitrogens is 3. The highest BCUT2D eigenvalue weighted by molar-refractivity contribution is 6.20. The Morgan fingerprint density at radius 3 is 2.11 bits per heavy atom. The molecule has 7 aromatic carbocycles. The van der Waals surface area contributed by atoms with Gasteiger partial charge in [-0.15, -0.1) is 0 Å². The van der Waals surface area contributed by atoms with Crippen LogP contribution in [0.1, 0.15) is 17.0 Å². The molecule has 10 aromatic rings. The van der Waals surface area contributed by atoms with Crippen molar-refractivity contribution >= 4 is 60.7 Å². The molecule has 12 rings (SSSR count). The minimum absolute atomic E-state index is 0.275. The zero-order chi connectivity index (χ0) is 36.7. The lowest BCUT2D eigenvalue weighted by atomic mass is 9.77. The van der Waals surface area contributed by atoms with Gasteiger partial charge >= 0.3 is 0 Å². The monoisotopic (exact) mass is 717 g/mol. The van der Waals surface area contributed by atoms with E-state index in [9.17, 15) is 0 Å². The van der Waals surface area contributed by atoms with Gasteiger partial charge in [0.15, 0.2) is 17.5 Å². The zero-order valence-electron chi connectivity index (χ0n) is 30.1. The third-order valence-corrected chi connectivity index (χ3v) is 11.5. The van der Waals surface area contributed by atoms with Crippen LogP contribution in [0.15, 0.2) is 179 Å². The molecule has 3 heterocycles. The maximum Gasteiger partial charge on any atom is 0.164 e. The van der Waals surface area contributed by atoms with Crippen molar-refractivity contribution in [2.24, 2.45) is 5.92 Å². The molecule has 2 aliphatic carbocycles. The number of fused-ring (bicyclic) bond motifs is 11. The van der Waals surface area contributed by atoms with Crippen LogP contribution in [0.3, 0.4) is 0 Å². The minimum atomic E-state index is 0.275. The lowest BCUT2D eigenvalue weighted by Gasteiger charge is -2.27. The van der Waals surface area contributed by atoms with Crippen LogP contribution in [0.5, 0.6) is 0 Å². The van der Waals surface area contributed by atoms with Crippen molar-refractivity contribution in [3.8, 4) is 45.3 Å². The molecule has 0 bridgehead atoms. The molecule has 0 saturated carbocycles. The summed E-state index contributed by atoms with van der Waals surface area (Å²) < 4.78 is 13.1. The standard InChI is InChI=1S/C51H31N3O2/c1-2-12-33(13-3-1)49-52-50(35-21-20-32-19-18-30-10-4-6-14-36(30)41(32)29-35)54-51(53-49)40-25-24-38(48-47(40)39-16-8-9-17-43(39)56-48)34-23-26-44-42(28-34)46-37-15-7-5-11-31(37)22-27-45(46)55-44/h1-30,36H. The molecule has 0 amide bonds. The molecule has 5 heteroatoms. The fraction of sp³-hybridized carbons (Fsp3) is 0.0392. The van der Waals surface area contributed by atoms with E-state index >= 15 is 0 Å². The van der Waals surface area contributed by atoms with E-state index in [1.54, 1.807) is 0 Å². The largest absolute Gasteiger partial charge is 0.456 e. The van der Waals surface area contributed by atoms with E-state index in [4.69, 9.17) is 23.8 Å². The third kappa shape index (κ3) is 4.77. The Labute approximate surface area is 321 Å². The van der Waals surface area contributed by atoms with Crippen LogP contribution in [-0.4, -0.2) is 15.0 Å². The van der Waals surface area contributed by atoms with Crippen LogP contribution in [0.2, 0.25) is 0 Å². The topological polar surface area (TPSA) is 65.0 Å². The summed E-state index contributed by atoms with van der Waals surface area (Å²) in [6.45, 7) is 0. The van der Waals surface area contributed by atoms with Gasteiger partial charge in [0.25, 0.3) is 0 Å². The van der Waals surface area contributed by atoms with E-state index in [1.807, 2.05) is 30.3 Å². The molecule has 0 radical (unpaired) electrons. The molecule has 0 aliphatic heterocycles. The highest BCUT2D eigenvalue weighted by Gasteiger charge is 2.26. The molecule has 0 spiro atoms. The van der Waals surface area contributed by atoms with Gasteiger partial charge in [-0.3, -0.25) is 0 Å². The lowest BCUT2D eigenvalue weighted by molar-refractivity contribution is 0.668. The first-order chi connectivity index (χ1) is 27.7. The van der Waals surface area contributed by atoms with E-state index in [1.165, 1.54) is 21.9 Å². The predicted molar refractivity (Wildman–Crippen MR) is 227 cm³/mol. The van der Waals surface area contributed by atoms with Crippen LogP contribution in [-0.2, 0) is 0 Å². The number of para-hydroxylation sites is 1. The zero-order valence-corrected chi connectivity index (χ0v) is 30.1. The second-order valence-corrected chi connectivity index (χ2v) is 14.7. The summed E-state index contributed by atoms with van der Waals surface area (Å²) in [4.78, 5) is 15.6. The fourth-order valence-corrected chi connectivity index (χ4v) is 8.79. The Morgan fingerprint density at radius 2 is 1.18 bits per heavy atom. The molecular formula is C51H31N3O2. The molecule has 0 saturated heterocycles. The molecule has 0 fully saturated rings. The number of nitrogens with zero attached hydrogens (tertiary/aromatic N) is 3. The highest BCUT2D eigenvalue weighted by Crippen LogP contribution is 2.44. The maximum atomic E-state index is 6.78. The first-order valence-electron chi connectivity index (χ1n) is 19.0. The van der Waals surface area contributed by atoms with Gasteiger partial charge in [0, 0.05) is 55.6 Å². The van der Waals surface area contributed by atoms with Crippen molar-refractivity contribution in [1.82, 2.24) is 15.0 Å². The second-order valence-electron chi connectivity index (χ2n) is 14.7. The Kier molecular flexibility index (Phi) is 6.69. The van der Waals surface area contributed by atoms with E-state index < -0.39 is 0 Å². The summed E-state index contributed by atoms with van der Waals surface area (Å²) in [6.07, 6.45) is 13.4. The SMILES string of the molecule is C1=CC2C=Cc3ccc(-c4nc(-c5ccccc5)nc(-c5ccc(-c6ccc7oc8ccc9ccccc9c8c7c6)c6oc7ccccc7c56)n4)cc3C2C=C1. The van der Waals surface area contributed by atoms with Gasteiger partial charge in [0.05, 0.1) is 0 Å². The van der Waals surface area contributed by atoms with E-state index in [0.717, 1.165) is 71.7 Å². The summed E-state index contributed by atoms with van der Waals surface area (Å²) in [5.74, 6) is 2.46. The predicted octanol–water partition coefficient (Wildman–Crippen LogP) is 13.3. The average molecular weight is 718 g/mol. The van der Waals surface area contributed by atoms with Crippen LogP contribution in [0.25, 0.3) is 106 Å². The van der Waals surface area contributed by atoms with E-state index in [0.29, 0.717) is 23.4 Å². The van der Waals surface area contributed by atoms with Crippen LogP contribution < -0.4 is 0 Å². The number of furan rings is 2. The lowest BCUT2D eigenvalue weighted by Crippen LogP contribution is -2.13. The first-order valence-corrected chi connectivity index (χ1v) is 19.0. The van der Waals surface area contributed by atoms with Crippen molar-refractivity contribution in [3.05, 3.63) is 181 Å². The molecule has 56 heavy (non-hydrogen) atoms. The van der Waals surface area contributed by atoms with Gasteiger partial charge in [-0.05, 0) is 69.9 Å². The van der Waals surface area contributed by atoms with Gasteiger partial charge in [-0.25, -0.2) is 15.0 Å². The molecule has 5 nitrogen and oxygen atoms in total. The quantitative estimate of drug-likeness (QED) is 0.181. The maximum absolute atomic E-state index is 6.78. The summed E-state index contributed by atoms with van der Waals surface area (Å²) in [6, 6.07) is 48.3. The van der Waals surface area contributed by atoms with Gasteiger partial charge in [0.2, 0.25) is 0 Å². The molecule has 3 aromatic heterocycles. The van der Waals surface area contributed by atoms with E-state index in [-0.39, 0.29) is 5.92 Å².